The number of aryl methyl sites for hydroxylation is 1. The molecule has 0 atom stereocenters. The zero-order valence-corrected chi connectivity index (χ0v) is 20.1. The number of unbranched alkanes of at least 4 members (excludes halogenated alkanes) is 7. The fraction of sp³-hybridized carbons (Fsp3) is 0.727. The fourth-order valence-electron chi connectivity index (χ4n) is 2.95. The van der Waals surface area contributed by atoms with Crippen LogP contribution < -0.4 is 17.0 Å². The second-order valence-electron chi connectivity index (χ2n) is 8.04. The van der Waals surface area contributed by atoms with Gasteiger partial charge in [0.15, 0.2) is 0 Å². The molecule has 3 heteroatoms. The van der Waals surface area contributed by atoms with E-state index >= 15 is 0 Å². The Labute approximate surface area is 174 Å². The smallest absolute Gasteiger partial charge is 1.00 e. The van der Waals surface area contributed by atoms with Gasteiger partial charge in [-0.2, -0.15) is 0 Å². The first-order chi connectivity index (χ1) is 11.6. The van der Waals surface area contributed by atoms with Crippen molar-refractivity contribution in [1.82, 2.24) is 0 Å². The van der Waals surface area contributed by atoms with Gasteiger partial charge in [-0.05, 0) is 0 Å². The topological polar surface area (TPSA) is 0 Å². The summed E-state index contributed by atoms with van der Waals surface area (Å²) in [5, 5.41) is 3.00. The maximum atomic E-state index is 2.30. The molecule has 1 rings (SSSR count). The van der Waals surface area contributed by atoms with Gasteiger partial charge >= 0.3 is 158 Å². The number of hydrogen-bond donors (Lipinski definition) is 0. The Bertz CT molecular complexity index is 389. The molecule has 0 aromatic heterocycles. The number of rotatable bonds is 15. The van der Waals surface area contributed by atoms with Gasteiger partial charge in [0.25, 0.3) is 0 Å². The second-order valence-corrected chi connectivity index (χ2v) is 10.6. The van der Waals surface area contributed by atoms with E-state index in [-0.39, 0.29) is 17.0 Å². The molecule has 146 valence electrons. The van der Waals surface area contributed by atoms with E-state index in [0.717, 1.165) is 19.4 Å². The first kappa shape index (κ1) is 25.2. The Kier molecular flexibility index (Phi) is 16.5. The average molecular weight is 477 g/mol. The standard InChI is InChI=1S/C22H40NSe.BrH/c1-23(2,3)19-13-7-5-4-6-8-14-20-24-21-15-12-18-22-16-10-9-11-17-22;/h9-11,16-17H,4-8,12-15,18-21H2,1-3H3;1H/q+1;/p-1. The minimum absolute atomic E-state index is 0. The summed E-state index contributed by atoms with van der Waals surface area (Å²) >= 11 is 0.904. The number of hydrogen-bond acceptors (Lipinski definition) is 0. The van der Waals surface area contributed by atoms with E-state index in [1.54, 1.807) is 0 Å². The van der Waals surface area contributed by atoms with Gasteiger partial charge in [-0.15, -0.1) is 0 Å². The molecule has 0 amide bonds. The van der Waals surface area contributed by atoms with E-state index in [4.69, 9.17) is 0 Å². The van der Waals surface area contributed by atoms with Crippen molar-refractivity contribution in [1.29, 1.82) is 0 Å². The average Bonchev–Trinajstić information content (AvgIpc) is 2.55. The van der Waals surface area contributed by atoms with Crippen molar-refractivity contribution in [3.8, 4) is 0 Å². The van der Waals surface area contributed by atoms with Crippen LogP contribution in [0.1, 0.15) is 63.4 Å². The van der Waals surface area contributed by atoms with E-state index in [0.29, 0.717) is 0 Å². The van der Waals surface area contributed by atoms with E-state index in [9.17, 15) is 0 Å². The molecule has 0 saturated heterocycles. The van der Waals surface area contributed by atoms with E-state index < -0.39 is 0 Å². The molecule has 1 aromatic carbocycles. The zero-order valence-electron chi connectivity index (χ0n) is 16.8. The second kappa shape index (κ2) is 16.4. The molecule has 0 radical (unpaired) electrons. The number of nitrogens with zero attached hydrogens (tertiary/aromatic N) is 1. The summed E-state index contributed by atoms with van der Waals surface area (Å²) < 4.78 is 1.12. The van der Waals surface area contributed by atoms with Crippen LogP contribution in [0.15, 0.2) is 30.3 Å². The Morgan fingerprint density at radius 3 is 1.80 bits per heavy atom. The summed E-state index contributed by atoms with van der Waals surface area (Å²) in [6.45, 7) is 1.33. The quantitative estimate of drug-likeness (QED) is 0.207. The summed E-state index contributed by atoms with van der Waals surface area (Å²) in [6, 6.07) is 10.9. The maximum Gasteiger partial charge on any atom is -1.00 e. The van der Waals surface area contributed by atoms with Gasteiger partial charge in [-0.1, -0.05) is 0 Å². The van der Waals surface area contributed by atoms with Crippen LogP contribution in [0.5, 0.6) is 0 Å². The van der Waals surface area contributed by atoms with Gasteiger partial charge in [0.05, 0.1) is 0 Å². The minimum atomic E-state index is 0. The molecule has 0 heterocycles. The normalized spacial score (nSPS) is 11.3. The molecule has 1 nitrogen and oxygen atoms in total. The van der Waals surface area contributed by atoms with Crippen LogP contribution in [-0.2, 0) is 6.42 Å². The van der Waals surface area contributed by atoms with Gasteiger partial charge in [0, 0.05) is 0 Å². The fourth-order valence-corrected chi connectivity index (χ4v) is 5.10. The monoisotopic (exact) mass is 477 g/mol. The summed E-state index contributed by atoms with van der Waals surface area (Å²) in [4.78, 5) is 0. The summed E-state index contributed by atoms with van der Waals surface area (Å²) in [5.74, 6) is 0. The van der Waals surface area contributed by atoms with Crippen molar-refractivity contribution >= 4 is 15.0 Å². The zero-order chi connectivity index (χ0) is 17.5. The maximum absolute atomic E-state index is 2.30. The molecule has 0 fully saturated rings. The van der Waals surface area contributed by atoms with Crippen LogP contribution in [0.2, 0.25) is 10.6 Å². The number of benzene rings is 1. The Morgan fingerprint density at radius 1 is 0.680 bits per heavy atom. The van der Waals surface area contributed by atoms with Crippen molar-refractivity contribution in [3.05, 3.63) is 35.9 Å². The Hall–Kier alpha value is 0.179. The van der Waals surface area contributed by atoms with Gasteiger partial charge in [-0.3, -0.25) is 0 Å². The van der Waals surface area contributed by atoms with E-state index in [1.807, 2.05) is 0 Å². The number of quaternary nitrogens is 1. The molecule has 0 unspecified atom stereocenters. The van der Waals surface area contributed by atoms with Crippen LogP contribution in [0.4, 0.5) is 0 Å². The summed E-state index contributed by atoms with van der Waals surface area (Å²) in [7, 11) is 6.89. The number of halogens is 1. The first-order valence-electron chi connectivity index (χ1n) is 10.00. The van der Waals surface area contributed by atoms with Crippen LogP contribution in [0.3, 0.4) is 0 Å². The molecule has 0 saturated carbocycles. The summed E-state index contributed by atoms with van der Waals surface area (Å²) in [5.41, 5.74) is 1.51. The SMILES string of the molecule is C[N+](C)(C)CCCCCCCCC[Se]CCCCc1ccccc1.[Br-]. The first-order valence-corrected chi connectivity index (χ1v) is 12.4. The van der Waals surface area contributed by atoms with Gasteiger partial charge in [0.1, 0.15) is 0 Å². The third-order valence-corrected chi connectivity index (χ3v) is 6.89. The van der Waals surface area contributed by atoms with Crippen molar-refractivity contribution in [3.63, 3.8) is 0 Å². The largest absolute Gasteiger partial charge is 1.00 e. The van der Waals surface area contributed by atoms with Crippen molar-refractivity contribution < 1.29 is 21.5 Å². The van der Waals surface area contributed by atoms with E-state index in [1.165, 1.54) is 87.0 Å². The van der Waals surface area contributed by atoms with E-state index in [2.05, 4.69) is 51.5 Å². The third kappa shape index (κ3) is 17.4. The summed E-state index contributed by atoms with van der Waals surface area (Å²) in [6.07, 6.45) is 14.2. The Morgan fingerprint density at radius 2 is 1.20 bits per heavy atom. The van der Waals surface area contributed by atoms with Crippen LogP contribution in [0.25, 0.3) is 0 Å². The van der Waals surface area contributed by atoms with Crippen LogP contribution >= 0.6 is 0 Å². The van der Waals surface area contributed by atoms with Gasteiger partial charge in [-0.25, -0.2) is 0 Å². The molecular formula is C22H40BrNSe. The minimum Gasteiger partial charge on any atom is -1.00 e. The van der Waals surface area contributed by atoms with Crippen LogP contribution in [-0.4, -0.2) is 47.1 Å². The third-order valence-electron chi connectivity index (χ3n) is 4.46. The predicted octanol–water partition coefficient (Wildman–Crippen LogP) is 2.99. The van der Waals surface area contributed by atoms with Crippen molar-refractivity contribution in [2.24, 2.45) is 0 Å². The molecule has 25 heavy (non-hydrogen) atoms. The van der Waals surface area contributed by atoms with Gasteiger partial charge < -0.3 is 17.0 Å². The molecule has 0 N–H and O–H groups in total. The molecule has 0 aliphatic carbocycles. The van der Waals surface area contributed by atoms with Gasteiger partial charge in [0.2, 0.25) is 0 Å². The predicted molar refractivity (Wildman–Crippen MR) is 110 cm³/mol. The molecule has 0 aliphatic rings. The molecule has 0 bridgehead atoms. The van der Waals surface area contributed by atoms with Crippen LogP contribution in [0, 0.1) is 0 Å². The van der Waals surface area contributed by atoms with Crippen molar-refractivity contribution in [2.75, 3.05) is 27.7 Å². The Balaban J connectivity index is 0.00000576. The molecular weight excluding hydrogens is 437 g/mol. The molecule has 0 aliphatic heterocycles. The van der Waals surface area contributed by atoms with Crippen molar-refractivity contribution in [2.45, 2.75) is 74.8 Å². The molecule has 1 aromatic rings. The molecule has 0 spiro atoms.